The Balaban J connectivity index is 1.78. The molecule has 2 rings (SSSR count). The first-order chi connectivity index (χ1) is 12.0. The van der Waals surface area contributed by atoms with Gasteiger partial charge in [0.2, 0.25) is 0 Å². The van der Waals surface area contributed by atoms with Crippen LogP contribution in [0.1, 0.15) is 19.4 Å². The molecule has 0 unspecified atom stereocenters. The van der Waals surface area contributed by atoms with Gasteiger partial charge >= 0.3 is 0 Å². The molecule has 0 aliphatic rings. The zero-order chi connectivity index (χ0) is 18.2. The summed E-state index contributed by atoms with van der Waals surface area (Å²) < 4.78 is 16.5. The SMILES string of the molecule is COc1ccc(OC[C@@H](C)NC(=O)[C@H](C)Oc2cccc(C)c2)cc1. The lowest BCUT2D eigenvalue weighted by Gasteiger charge is -2.19. The van der Waals surface area contributed by atoms with Gasteiger partial charge in [-0.15, -0.1) is 0 Å². The Kier molecular flexibility index (Phi) is 6.69. The van der Waals surface area contributed by atoms with E-state index in [1.807, 2.05) is 62.4 Å². The molecule has 2 atom stereocenters. The molecule has 1 N–H and O–H groups in total. The molecule has 5 heteroatoms. The van der Waals surface area contributed by atoms with Crippen molar-refractivity contribution >= 4 is 5.91 Å². The maximum absolute atomic E-state index is 12.2. The Hall–Kier alpha value is -2.69. The topological polar surface area (TPSA) is 56.8 Å². The van der Waals surface area contributed by atoms with Gasteiger partial charge in [0.05, 0.1) is 13.2 Å². The second-order valence-electron chi connectivity index (χ2n) is 5.97. The van der Waals surface area contributed by atoms with E-state index in [9.17, 15) is 4.79 Å². The largest absolute Gasteiger partial charge is 0.497 e. The molecule has 2 aromatic rings. The minimum absolute atomic E-state index is 0.141. The Labute approximate surface area is 148 Å². The highest BCUT2D eigenvalue weighted by atomic mass is 16.5. The van der Waals surface area contributed by atoms with E-state index >= 15 is 0 Å². The molecular weight excluding hydrogens is 318 g/mol. The average Bonchev–Trinajstić information content (AvgIpc) is 2.60. The zero-order valence-electron chi connectivity index (χ0n) is 15.1. The maximum Gasteiger partial charge on any atom is 0.261 e. The van der Waals surface area contributed by atoms with Crippen LogP contribution in [0, 0.1) is 6.92 Å². The first kappa shape index (κ1) is 18.6. The minimum atomic E-state index is -0.578. The van der Waals surface area contributed by atoms with Crippen LogP contribution in [0.15, 0.2) is 48.5 Å². The molecule has 0 bridgehead atoms. The fourth-order valence-electron chi connectivity index (χ4n) is 2.24. The summed E-state index contributed by atoms with van der Waals surface area (Å²) in [5, 5.41) is 2.89. The lowest BCUT2D eigenvalue weighted by Crippen LogP contribution is -2.43. The third-order valence-electron chi connectivity index (χ3n) is 3.62. The summed E-state index contributed by atoms with van der Waals surface area (Å²) in [6, 6.07) is 14.8. The van der Waals surface area contributed by atoms with Crippen molar-refractivity contribution in [2.45, 2.75) is 32.9 Å². The number of benzene rings is 2. The fraction of sp³-hybridized carbons (Fsp3) is 0.350. The molecule has 25 heavy (non-hydrogen) atoms. The molecular formula is C20H25NO4. The van der Waals surface area contributed by atoms with Gasteiger partial charge in [-0.1, -0.05) is 12.1 Å². The van der Waals surface area contributed by atoms with Gasteiger partial charge in [0, 0.05) is 0 Å². The highest BCUT2D eigenvalue weighted by molar-refractivity contribution is 5.81. The number of carbonyl (C=O) groups excluding carboxylic acids is 1. The van der Waals surface area contributed by atoms with Crippen LogP contribution in [0.3, 0.4) is 0 Å². The predicted octanol–water partition coefficient (Wildman–Crippen LogP) is 3.35. The molecule has 0 aliphatic carbocycles. The summed E-state index contributed by atoms with van der Waals surface area (Å²) in [6.45, 7) is 5.97. The average molecular weight is 343 g/mol. The quantitative estimate of drug-likeness (QED) is 0.798. The van der Waals surface area contributed by atoms with Crippen LogP contribution in [0.2, 0.25) is 0 Å². The van der Waals surface area contributed by atoms with Crippen molar-refractivity contribution in [3.8, 4) is 17.2 Å². The Morgan fingerprint density at radius 3 is 2.36 bits per heavy atom. The summed E-state index contributed by atoms with van der Waals surface area (Å²) in [5.41, 5.74) is 1.09. The van der Waals surface area contributed by atoms with Crippen LogP contribution < -0.4 is 19.5 Å². The van der Waals surface area contributed by atoms with Gasteiger partial charge in [0.25, 0.3) is 5.91 Å². The number of nitrogens with one attached hydrogen (secondary N) is 1. The zero-order valence-corrected chi connectivity index (χ0v) is 15.1. The van der Waals surface area contributed by atoms with E-state index < -0.39 is 6.10 Å². The predicted molar refractivity (Wildman–Crippen MR) is 97.4 cm³/mol. The van der Waals surface area contributed by atoms with E-state index in [2.05, 4.69) is 5.32 Å². The Bertz CT molecular complexity index is 684. The van der Waals surface area contributed by atoms with Crippen molar-refractivity contribution < 1.29 is 19.0 Å². The molecule has 0 aliphatic heterocycles. The molecule has 0 fully saturated rings. The summed E-state index contributed by atoms with van der Waals surface area (Å²) >= 11 is 0. The number of ether oxygens (including phenoxy) is 3. The van der Waals surface area contributed by atoms with Crippen molar-refractivity contribution in [1.29, 1.82) is 0 Å². The highest BCUT2D eigenvalue weighted by Gasteiger charge is 2.17. The van der Waals surface area contributed by atoms with Crippen LogP contribution in [0.4, 0.5) is 0 Å². The summed E-state index contributed by atoms with van der Waals surface area (Å²) in [5.74, 6) is 2.01. The number of rotatable bonds is 8. The van der Waals surface area contributed by atoms with Gasteiger partial charge < -0.3 is 19.5 Å². The van der Waals surface area contributed by atoms with Crippen LogP contribution in [-0.2, 0) is 4.79 Å². The van der Waals surface area contributed by atoms with Crippen LogP contribution in [-0.4, -0.2) is 31.8 Å². The highest BCUT2D eigenvalue weighted by Crippen LogP contribution is 2.17. The third kappa shape index (κ3) is 6.03. The Morgan fingerprint density at radius 2 is 1.72 bits per heavy atom. The van der Waals surface area contributed by atoms with Crippen LogP contribution >= 0.6 is 0 Å². The molecule has 0 radical (unpaired) electrons. The van der Waals surface area contributed by atoms with Gasteiger partial charge in [0.1, 0.15) is 23.9 Å². The molecule has 0 saturated heterocycles. The van der Waals surface area contributed by atoms with E-state index in [1.165, 1.54) is 0 Å². The van der Waals surface area contributed by atoms with E-state index in [1.54, 1.807) is 14.0 Å². The summed E-state index contributed by atoms with van der Waals surface area (Å²) in [6.07, 6.45) is -0.578. The lowest BCUT2D eigenvalue weighted by atomic mass is 10.2. The van der Waals surface area contributed by atoms with E-state index in [4.69, 9.17) is 14.2 Å². The van der Waals surface area contributed by atoms with Crippen molar-refractivity contribution in [2.24, 2.45) is 0 Å². The molecule has 134 valence electrons. The monoisotopic (exact) mass is 343 g/mol. The fourth-order valence-corrected chi connectivity index (χ4v) is 2.24. The second kappa shape index (κ2) is 8.97. The molecule has 0 aromatic heterocycles. The second-order valence-corrected chi connectivity index (χ2v) is 5.97. The van der Waals surface area contributed by atoms with E-state index in [0.717, 1.165) is 17.1 Å². The maximum atomic E-state index is 12.2. The van der Waals surface area contributed by atoms with Crippen LogP contribution in [0.25, 0.3) is 0 Å². The molecule has 2 aromatic carbocycles. The Morgan fingerprint density at radius 1 is 1.04 bits per heavy atom. The van der Waals surface area contributed by atoms with Crippen molar-refractivity contribution in [3.63, 3.8) is 0 Å². The van der Waals surface area contributed by atoms with Crippen molar-refractivity contribution in [3.05, 3.63) is 54.1 Å². The van der Waals surface area contributed by atoms with Gasteiger partial charge in [0.15, 0.2) is 6.10 Å². The first-order valence-electron chi connectivity index (χ1n) is 8.28. The van der Waals surface area contributed by atoms with E-state index in [0.29, 0.717) is 12.4 Å². The number of methoxy groups -OCH3 is 1. The molecule has 0 heterocycles. The molecule has 0 saturated carbocycles. The number of hydrogen-bond acceptors (Lipinski definition) is 4. The lowest BCUT2D eigenvalue weighted by molar-refractivity contribution is -0.128. The standard InChI is InChI=1S/C20H25NO4/c1-14-6-5-7-19(12-14)25-16(3)20(22)21-15(2)13-24-18-10-8-17(23-4)9-11-18/h5-12,15-16H,13H2,1-4H3,(H,21,22)/t15-,16+/m1/s1. The molecule has 1 amide bonds. The van der Waals surface area contributed by atoms with Gasteiger partial charge in [-0.25, -0.2) is 0 Å². The van der Waals surface area contributed by atoms with Crippen molar-refractivity contribution in [1.82, 2.24) is 5.32 Å². The molecule has 5 nitrogen and oxygen atoms in total. The number of aryl methyl sites for hydroxylation is 1. The third-order valence-corrected chi connectivity index (χ3v) is 3.62. The number of carbonyl (C=O) groups is 1. The van der Waals surface area contributed by atoms with Gasteiger partial charge in [-0.3, -0.25) is 4.79 Å². The van der Waals surface area contributed by atoms with Gasteiger partial charge in [-0.2, -0.15) is 0 Å². The minimum Gasteiger partial charge on any atom is -0.497 e. The summed E-state index contributed by atoms with van der Waals surface area (Å²) in [7, 11) is 1.62. The summed E-state index contributed by atoms with van der Waals surface area (Å²) in [4.78, 5) is 12.2. The van der Waals surface area contributed by atoms with Gasteiger partial charge in [-0.05, 0) is 62.7 Å². The van der Waals surface area contributed by atoms with Crippen molar-refractivity contribution in [2.75, 3.05) is 13.7 Å². The molecule has 0 spiro atoms. The smallest absolute Gasteiger partial charge is 0.261 e. The van der Waals surface area contributed by atoms with Crippen LogP contribution in [0.5, 0.6) is 17.2 Å². The first-order valence-corrected chi connectivity index (χ1v) is 8.28. The van der Waals surface area contributed by atoms with E-state index in [-0.39, 0.29) is 11.9 Å². The number of amides is 1. The number of hydrogen-bond donors (Lipinski definition) is 1. The normalized spacial score (nSPS) is 12.8.